The molecule has 1 saturated heterocycles. The van der Waals surface area contributed by atoms with Gasteiger partial charge in [0.05, 0.1) is 13.2 Å². The molecule has 0 saturated carbocycles. The number of tetrazole rings is 1. The van der Waals surface area contributed by atoms with Gasteiger partial charge in [-0.1, -0.05) is 12.1 Å². The SMILES string of the molecule is Cc1nnnn1[C@@H](Cc1ccc(F)cc1)C(=O)N1CCOCC1. The summed E-state index contributed by atoms with van der Waals surface area (Å²) < 4.78 is 19.9. The van der Waals surface area contributed by atoms with E-state index < -0.39 is 6.04 Å². The number of ether oxygens (including phenoxy) is 1. The first-order valence-electron chi connectivity index (χ1n) is 7.50. The van der Waals surface area contributed by atoms with Crippen LogP contribution in [0.4, 0.5) is 4.39 Å². The summed E-state index contributed by atoms with van der Waals surface area (Å²) in [5.41, 5.74) is 0.855. The number of halogens is 1. The predicted octanol–water partition coefficient (Wildman–Crippen LogP) is 0.763. The third kappa shape index (κ3) is 3.53. The maximum Gasteiger partial charge on any atom is 0.248 e. The Labute approximate surface area is 133 Å². The van der Waals surface area contributed by atoms with Gasteiger partial charge in [-0.25, -0.2) is 9.07 Å². The van der Waals surface area contributed by atoms with Crippen molar-refractivity contribution in [1.82, 2.24) is 25.1 Å². The van der Waals surface area contributed by atoms with Crippen molar-refractivity contribution in [2.75, 3.05) is 26.3 Å². The quantitative estimate of drug-likeness (QED) is 0.832. The molecule has 1 atom stereocenters. The second-order valence-electron chi connectivity index (χ2n) is 5.45. The number of amides is 1. The summed E-state index contributed by atoms with van der Waals surface area (Å²) in [6.45, 7) is 3.93. The van der Waals surface area contributed by atoms with E-state index in [9.17, 15) is 9.18 Å². The minimum atomic E-state index is -0.548. The van der Waals surface area contributed by atoms with Crippen LogP contribution in [0.25, 0.3) is 0 Å². The van der Waals surface area contributed by atoms with E-state index in [0.717, 1.165) is 5.56 Å². The molecule has 1 aliphatic heterocycles. The van der Waals surface area contributed by atoms with Crippen LogP contribution in [0.3, 0.4) is 0 Å². The van der Waals surface area contributed by atoms with Gasteiger partial charge in [-0.2, -0.15) is 0 Å². The lowest BCUT2D eigenvalue weighted by Crippen LogP contribution is -2.45. The molecular weight excluding hydrogens is 301 g/mol. The molecule has 0 radical (unpaired) electrons. The molecule has 0 bridgehead atoms. The number of carbonyl (C=O) groups excluding carboxylic acids is 1. The summed E-state index contributed by atoms with van der Waals surface area (Å²) in [5, 5.41) is 11.4. The second-order valence-corrected chi connectivity index (χ2v) is 5.45. The van der Waals surface area contributed by atoms with Crippen molar-refractivity contribution in [3.8, 4) is 0 Å². The van der Waals surface area contributed by atoms with E-state index in [-0.39, 0.29) is 11.7 Å². The molecule has 2 aromatic rings. The normalized spacial score (nSPS) is 16.3. The first kappa shape index (κ1) is 15.5. The maximum atomic E-state index is 13.1. The van der Waals surface area contributed by atoms with Crippen LogP contribution >= 0.6 is 0 Å². The summed E-state index contributed by atoms with van der Waals surface area (Å²) in [7, 11) is 0. The van der Waals surface area contributed by atoms with Crippen molar-refractivity contribution >= 4 is 5.91 Å². The summed E-state index contributed by atoms with van der Waals surface area (Å²) in [6.07, 6.45) is 0.405. The van der Waals surface area contributed by atoms with Gasteiger partial charge in [-0.15, -0.1) is 5.10 Å². The molecule has 23 heavy (non-hydrogen) atoms. The van der Waals surface area contributed by atoms with Crippen LogP contribution in [0.15, 0.2) is 24.3 Å². The zero-order chi connectivity index (χ0) is 16.2. The Morgan fingerprint density at radius 1 is 1.30 bits per heavy atom. The number of rotatable bonds is 4. The number of nitrogens with zero attached hydrogens (tertiary/aromatic N) is 5. The van der Waals surface area contributed by atoms with Gasteiger partial charge in [0.15, 0.2) is 0 Å². The van der Waals surface area contributed by atoms with Gasteiger partial charge in [0.1, 0.15) is 17.7 Å². The molecular formula is C15H18FN5O2. The van der Waals surface area contributed by atoms with Crippen molar-refractivity contribution in [3.63, 3.8) is 0 Å². The van der Waals surface area contributed by atoms with Crippen molar-refractivity contribution in [1.29, 1.82) is 0 Å². The topological polar surface area (TPSA) is 73.1 Å². The van der Waals surface area contributed by atoms with Gasteiger partial charge >= 0.3 is 0 Å². The largest absolute Gasteiger partial charge is 0.378 e. The van der Waals surface area contributed by atoms with E-state index in [1.54, 1.807) is 24.0 Å². The van der Waals surface area contributed by atoms with E-state index in [2.05, 4.69) is 15.5 Å². The molecule has 1 amide bonds. The number of hydrogen-bond acceptors (Lipinski definition) is 5. The highest BCUT2D eigenvalue weighted by molar-refractivity contribution is 5.80. The second kappa shape index (κ2) is 6.82. The Kier molecular flexibility index (Phi) is 4.61. The predicted molar refractivity (Wildman–Crippen MR) is 79.1 cm³/mol. The minimum absolute atomic E-state index is 0.0481. The molecule has 8 heteroatoms. The smallest absolute Gasteiger partial charge is 0.248 e. The van der Waals surface area contributed by atoms with Crippen molar-refractivity contribution in [2.24, 2.45) is 0 Å². The van der Waals surface area contributed by atoms with Crippen LogP contribution < -0.4 is 0 Å². The highest BCUT2D eigenvalue weighted by atomic mass is 19.1. The summed E-state index contributed by atoms with van der Waals surface area (Å²) in [6, 6.07) is 5.58. The van der Waals surface area contributed by atoms with Crippen molar-refractivity contribution in [3.05, 3.63) is 41.5 Å². The van der Waals surface area contributed by atoms with E-state index in [4.69, 9.17) is 4.74 Å². The zero-order valence-corrected chi connectivity index (χ0v) is 12.9. The maximum absolute atomic E-state index is 13.1. The van der Waals surface area contributed by atoms with Crippen LogP contribution in [0.1, 0.15) is 17.4 Å². The molecule has 0 unspecified atom stereocenters. The lowest BCUT2D eigenvalue weighted by Gasteiger charge is -2.30. The number of morpholine rings is 1. The zero-order valence-electron chi connectivity index (χ0n) is 12.9. The van der Waals surface area contributed by atoms with Gasteiger partial charge in [0, 0.05) is 19.5 Å². The Morgan fingerprint density at radius 2 is 2.00 bits per heavy atom. The Hall–Kier alpha value is -2.35. The fraction of sp³-hybridized carbons (Fsp3) is 0.467. The number of benzene rings is 1. The molecule has 2 heterocycles. The van der Waals surface area contributed by atoms with E-state index in [1.807, 2.05) is 0 Å². The van der Waals surface area contributed by atoms with Gasteiger partial charge in [0.25, 0.3) is 0 Å². The summed E-state index contributed by atoms with van der Waals surface area (Å²) in [4.78, 5) is 14.7. The Bertz CT molecular complexity index is 667. The number of aryl methyl sites for hydroxylation is 1. The molecule has 7 nitrogen and oxygen atoms in total. The number of carbonyl (C=O) groups is 1. The molecule has 1 fully saturated rings. The first-order chi connectivity index (χ1) is 11.1. The van der Waals surface area contributed by atoms with Crippen molar-refractivity contribution < 1.29 is 13.9 Å². The van der Waals surface area contributed by atoms with Crippen LogP contribution in [0, 0.1) is 12.7 Å². The molecule has 1 aliphatic rings. The van der Waals surface area contributed by atoms with Crippen LogP contribution in [0.5, 0.6) is 0 Å². The molecule has 3 rings (SSSR count). The fourth-order valence-corrected chi connectivity index (χ4v) is 2.64. The average molecular weight is 319 g/mol. The number of aromatic nitrogens is 4. The monoisotopic (exact) mass is 319 g/mol. The van der Waals surface area contributed by atoms with Crippen LogP contribution in [-0.2, 0) is 16.0 Å². The van der Waals surface area contributed by atoms with Crippen molar-refractivity contribution in [2.45, 2.75) is 19.4 Å². The van der Waals surface area contributed by atoms with Gasteiger partial charge in [-0.3, -0.25) is 4.79 Å². The van der Waals surface area contributed by atoms with E-state index in [1.165, 1.54) is 16.8 Å². The van der Waals surface area contributed by atoms with Crippen LogP contribution in [-0.4, -0.2) is 57.3 Å². The minimum Gasteiger partial charge on any atom is -0.378 e. The van der Waals surface area contributed by atoms with Crippen LogP contribution in [0.2, 0.25) is 0 Å². The third-order valence-electron chi connectivity index (χ3n) is 3.90. The van der Waals surface area contributed by atoms with Gasteiger partial charge < -0.3 is 9.64 Å². The molecule has 122 valence electrons. The molecule has 1 aromatic carbocycles. The summed E-state index contributed by atoms with van der Waals surface area (Å²) in [5.74, 6) is 0.218. The molecule has 0 aliphatic carbocycles. The molecule has 1 aromatic heterocycles. The molecule has 0 spiro atoms. The fourth-order valence-electron chi connectivity index (χ4n) is 2.64. The summed E-state index contributed by atoms with van der Waals surface area (Å²) >= 11 is 0. The third-order valence-corrected chi connectivity index (χ3v) is 3.90. The van der Waals surface area contributed by atoms with Gasteiger partial charge in [0.2, 0.25) is 5.91 Å². The lowest BCUT2D eigenvalue weighted by molar-refractivity contribution is -0.139. The molecule has 0 N–H and O–H groups in total. The van der Waals surface area contributed by atoms with E-state index >= 15 is 0 Å². The highest BCUT2D eigenvalue weighted by Gasteiger charge is 2.29. The Balaban J connectivity index is 1.85. The van der Waals surface area contributed by atoms with E-state index in [0.29, 0.717) is 38.5 Å². The average Bonchev–Trinajstić information content (AvgIpc) is 3.00. The highest BCUT2D eigenvalue weighted by Crippen LogP contribution is 2.19. The van der Waals surface area contributed by atoms with Gasteiger partial charge in [-0.05, 0) is 35.0 Å². The Morgan fingerprint density at radius 3 is 2.61 bits per heavy atom. The number of hydrogen-bond donors (Lipinski definition) is 0. The lowest BCUT2D eigenvalue weighted by atomic mass is 10.0. The standard InChI is InChI=1S/C15H18FN5O2/c1-11-17-18-19-21(11)14(10-12-2-4-13(16)5-3-12)15(22)20-6-8-23-9-7-20/h2-5,14H,6-10H2,1H3/t14-/m0/s1. The first-order valence-corrected chi connectivity index (χ1v) is 7.50.